The summed E-state index contributed by atoms with van der Waals surface area (Å²) in [6.07, 6.45) is 0. The van der Waals surface area contributed by atoms with Crippen LogP contribution in [0.25, 0.3) is 10.6 Å². The van der Waals surface area contributed by atoms with Gasteiger partial charge in [-0.3, -0.25) is 0 Å². The first-order valence-corrected chi connectivity index (χ1v) is 4.75. The summed E-state index contributed by atoms with van der Waals surface area (Å²) >= 11 is 7.08. The van der Waals surface area contributed by atoms with Gasteiger partial charge in [0.05, 0.1) is 10.6 Å². The molecule has 0 atom stereocenters. The second-order valence-electron chi connectivity index (χ2n) is 2.34. The van der Waals surface area contributed by atoms with Gasteiger partial charge in [-0.1, -0.05) is 29.0 Å². The Morgan fingerprint density at radius 1 is 1.38 bits per heavy atom. The van der Waals surface area contributed by atoms with Gasteiger partial charge in [0.15, 0.2) is 5.01 Å². The molecular formula is C8H4ClFN2S. The molecule has 0 spiro atoms. The first-order valence-electron chi connectivity index (χ1n) is 3.49. The molecule has 1 heterocycles. The lowest BCUT2D eigenvalue weighted by atomic mass is 10.2. The molecule has 66 valence electrons. The van der Waals surface area contributed by atoms with E-state index in [-0.39, 0.29) is 5.82 Å². The van der Waals surface area contributed by atoms with Crippen molar-refractivity contribution in [3.8, 4) is 10.6 Å². The van der Waals surface area contributed by atoms with Gasteiger partial charge in [0.25, 0.3) is 0 Å². The summed E-state index contributed by atoms with van der Waals surface area (Å²) in [4.78, 5) is 0. The highest BCUT2D eigenvalue weighted by Crippen LogP contribution is 2.30. The standard InChI is InChI=1S/C8H4ClFN2S/c9-5-2-1-3-6(10)7(5)8-12-11-4-13-8/h1-4H. The fourth-order valence-electron chi connectivity index (χ4n) is 0.984. The lowest BCUT2D eigenvalue weighted by Crippen LogP contribution is -1.84. The molecule has 0 aliphatic carbocycles. The third-order valence-electron chi connectivity index (χ3n) is 1.54. The first-order chi connectivity index (χ1) is 6.29. The van der Waals surface area contributed by atoms with Crippen molar-refractivity contribution in [2.45, 2.75) is 0 Å². The largest absolute Gasteiger partial charge is 0.206 e. The van der Waals surface area contributed by atoms with E-state index in [2.05, 4.69) is 10.2 Å². The van der Waals surface area contributed by atoms with Gasteiger partial charge in [0.2, 0.25) is 0 Å². The Morgan fingerprint density at radius 3 is 2.85 bits per heavy atom. The lowest BCUT2D eigenvalue weighted by molar-refractivity contribution is 0.631. The van der Waals surface area contributed by atoms with Crippen LogP contribution >= 0.6 is 22.9 Å². The zero-order chi connectivity index (χ0) is 9.26. The minimum atomic E-state index is -0.371. The zero-order valence-electron chi connectivity index (χ0n) is 6.37. The molecule has 0 aliphatic heterocycles. The van der Waals surface area contributed by atoms with E-state index >= 15 is 0 Å². The van der Waals surface area contributed by atoms with Gasteiger partial charge in [-0.05, 0) is 12.1 Å². The van der Waals surface area contributed by atoms with Crippen LogP contribution in [0.3, 0.4) is 0 Å². The van der Waals surface area contributed by atoms with E-state index in [4.69, 9.17) is 11.6 Å². The fourth-order valence-corrected chi connectivity index (χ4v) is 1.91. The van der Waals surface area contributed by atoms with Crippen LogP contribution in [0.15, 0.2) is 23.7 Å². The van der Waals surface area contributed by atoms with Crippen LogP contribution < -0.4 is 0 Å². The van der Waals surface area contributed by atoms with Crippen LogP contribution in [0.1, 0.15) is 0 Å². The van der Waals surface area contributed by atoms with Crippen LogP contribution in [0.5, 0.6) is 0 Å². The molecule has 0 bridgehead atoms. The highest BCUT2D eigenvalue weighted by atomic mass is 35.5. The average Bonchev–Trinajstić information content (AvgIpc) is 2.57. The molecule has 1 aromatic heterocycles. The van der Waals surface area contributed by atoms with Crippen LogP contribution in [0.4, 0.5) is 4.39 Å². The number of hydrogen-bond donors (Lipinski definition) is 0. The van der Waals surface area contributed by atoms with Gasteiger partial charge in [-0.25, -0.2) is 4.39 Å². The van der Waals surface area contributed by atoms with E-state index < -0.39 is 0 Å². The molecule has 0 unspecified atom stereocenters. The summed E-state index contributed by atoms with van der Waals surface area (Å²) in [5.41, 5.74) is 1.87. The molecule has 2 nitrogen and oxygen atoms in total. The Balaban J connectivity index is 2.64. The van der Waals surface area contributed by atoms with E-state index in [0.717, 1.165) is 0 Å². The molecule has 0 fully saturated rings. The summed E-state index contributed by atoms with van der Waals surface area (Å²) in [5.74, 6) is -0.371. The lowest BCUT2D eigenvalue weighted by Gasteiger charge is -1.99. The quantitative estimate of drug-likeness (QED) is 0.729. The van der Waals surface area contributed by atoms with Crippen LogP contribution in [-0.2, 0) is 0 Å². The maximum atomic E-state index is 13.3. The smallest absolute Gasteiger partial charge is 0.152 e. The zero-order valence-corrected chi connectivity index (χ0v) is 7.94. The molecule has 5 heteroatoms. The van der Waals surface area contributed by atoms with E-state index in [1.54, 1.807) is 12.1 Å². The molecule has 13 heavy (non-hydrogen) atoms. The SMILES string of the molecule is Fc1cccc(Cl)c1-c1nncs1. The number of benzene rings is 1. The van der Waals surface area contributed by atoms with Crippen molar-refractivity contribution in [3.05, 3.63) is 34.5 Å². The summed E-state index contributed by atoms with van der Waals surface area (Å²) in [5, 5.41) is 8.24. The van der Waals surface area contributed by atoms with Crippen LogP contribution in [0.2, 0.25) is 5.02 Å². The Kier molecular flexibility index (Phi) is 2.24. The van der Waals surface area contributed by atoms with Crippen LogP contribution in [0, 0.1) is 5.82 Å². The predicted octanol–water partition coefficient (Wildman–Crippen LogP) is 3.00. The normalized spacial score (nSPS) is 10.3. The number of rotatable bonds is 1. The molecule has 0 N–H and O–H groups in total. The van der Waals surface area contributed by atoms with Crippen molar-refractivity contribution in [2.75, 3.05) is 0 Å². The van der Waals surface area contributed by atoms with Gasteiger partial charge < -0.3 is 0 Å². The molecule has 0 saturated carbocycles. The van der Waals surface area contributed by atoms with Gasteiger partial charge >= 0.3 is 0 Å². The van der Waals surface area contributed by atoms with Crippen molar-refractivity contribution in [3.63, 3.8) is 0 Å². The van der Waals surface area contributed by atoms with E-state index in [9.17, 15) is 4.39 Å². The Morgan fingerprint density at radius 2 is 2.23 bits per heavy atom. The summed E-state index contributed by atoms with van der Waals surface area (Å²) in [7, 11) is 0. The molecule has 0 radical (unpaired) electrons. The molecular weight excluding hydrogens is 211 g/mol. The molecule has 0 amide bonds. The highest BCUT2D eigenvalue weighted by Gasteiger charge is 2.11. The molecule has 2 aromatic rings. The van der Waals surface area contributed by atoms with Gasteiger partial charge in [-0.15, -0.1) is 10.2 Å². The van der Waals surface area contributed by atoms with E-state index in [1.807, 2.05) is 0 Å². The predicted molar refractivity (Wildman–Crippen MR) is 50.3 cm³/mol. The summed E-state index contributed by atoms with van der Waals surface area (Å²) in [6, 6.07) is 4.53. The summed E-state index contributed by atoms with van der Waals surface area (Å²) < 4.78 is 13.3. The molecule has 0 aliphatic rings. The third kappa shape index (κ3) is 1.55. The minimum Gasteiger partial charge on any atom is -0.206 e. The molecule has 0 saturated heterocycles. The third-order valence-corrected chi connectivity index (χ3v) is 2.56. The highest BCUT2D eigenvalue weighted by molar-refractivity contribution is 7.12. The molecule has 2 rings (SSSR count). The van der Waals surface area contributed by atoms with E-state index in [0.29, 0.717) is 15.6 Å². The van der Waals surface area contributed by atoms with Crippen LogP contribution in [-0.4, -0.2) is 10.2 Å². The maximum absolute atomic E-state index is 13.3. The number of halogens is 2. The Bertz CT molecular complexity index is 396. The van der Waals surface area contributed by atoms with Gasteiger partial charge in [0, 0.05) is 0 Å². The topological polar surface area (TPSA) is 25.8 Å². The Labute approximate surface area is 83.0 Å². The molecule has 1 aromatic carbocycles. The maximum Gasteiger partial charge on any atom is 0.152 e. The van der Waals surface area contributed by atoms with Gasteiger partial charge in [-0.2, -0.15) is 0 Å². The number of aromatic nitrogens is 2. The van der Waals surface area contributed by atoms with Crippen molar-refractivity contribution in [2.24, 2.45) is 0 Å². The van der Waals surface area contributed by atoms with Crippen molar-refractivity contribution >= 4 is 22.9 Å². The average molecular weight is 215 g/mol. The number of hydrogen-bond acceptors (Lipinski definition) is 3. The fraction of sp³-hybridized carbons (Fsp3) is 0. The minimum absolute atomic E-state index is 0.326. The van der Waals surface area contributed by atoms with Crippen molar-refractivity contribution < 1.29 is 4.39 Å². The van der Waals surface area contributed by atoms with Crippen molar-refractivity contribution in [1.82, 2.24) is 10.2 Å². The van der Waals surface area contributed by atoms with Gasteiger partial charge in [0.1, 0.15) is 11.3 Å². The number of nitrogens with zero attached hydrogens (tertiary/aromatic N) is 2. The first kappa shape index (κ1) is 8.59. The monoisotopic (exact) mass is 214 g/mol. The van der Waals surface area contributed by atoms with Crippen molar-refractivity contribution in [1.29, 1.82) is 0 Å². The second-order valence-corrected chi connectivity index (χ2v) is 3.58. The van der Waals surface area contributed by atoms with E-state index in [1.165, 1.54) is 22.9 Å². The Hall–Kier alpha value is -1.00. The summed E-state index contributed by atoms with van der Waals surface area (Å²) in [6.45, 7) is 0. The second kappa shape index (κ2) is 3.40.